The minimum absolute atomic E-state index is 0.331. The number of nitrogens with one attached hydrogen (secondary N) is 1. The lowest BCUT2D eigenvalue weighted by Crippen LogP contribution is -2.28. The zero-order valence-electron chi connectivity index (χ0n) is 12.9. The average molecular weight is 355 g/mol. The molecule has 1 aromatic rings. The van der Waals surface area contributed by atoms with E-state index in [1.165, 1.54) is 18.5 Å². The second-order valence-corrected chi connectivity index (χ2v) is 6.83. The lowest BCUT2D eigenvalue weighted by Gasteiger charge is -2.22. The first kappa shape index (κ1) is 16.9. The predicted molar refractivity (Wildman–Crippen MR) is 91.4 cm³/mol. The molecule has 2 unspecified atom stereocenters. The molecule has 0 radical (unpaired) electrons. The summed E-state index contributed by atoms with van der Waals surface area (Å²) in [5.41, 5.74) is 1.37. The van der Waals surface area contributed by atoms with Crippen molar-refractivity contribution in [2.24, 2.45) is 5.92 Å². The zero-order chi connectivity index (χ0) is 15.1. The monoisotopic (exact) mass is 354 g/mol. The van der Waals surface area contributed by atoms with Crippen molar-refractivity contribution in [2.45, 2.75) is 32.2 Å². The van der Waals surface area contributed by atoms with Crippen LogP contribution >= 0.6 is 15.9 Å². The van der Waals surface area contributed by atoms with Crippen molar-refractivity contribution in [3.05, 3.63) is 34.3 Å². The van der Waals surface area contributed by atoms with Gasteiger partial charge in [-0.25, -0.2) is 0 Å². The van der Waals surface area contributed by atoms with Crippen LogP contribution in [0.1, 0.15) is 37.8 Å². The molecule has 2 atom stereocenters. The van der Waals surface area contributed by atoms with E-state index in [4.69, 9.17) is 5.11 Å². The van der Waals surface area contributed by atoms with Crippen LogP contribution in [0.25, 0.3) is 0 Å². The van der Waals surface area contributed by atoms with E-state index in [0.29, 0.717) is 18.6 Å². The smallest absolute Gasteiger partial charge is 0.0434 e. The molecule has 1 aliphatic rings. The molecule has 3 nitrogen and oxygen atoms in total. The van der Waals surface area contributed by atoms with Gasteiger partial charge < -0.3 is 15.3 Å². The first-order chi connectivity index (χ1) is 10.2. The topological polar surface area (TPSA) is 35.5 Å². The highest BCUT2D eigenvalue weighted by Gasteiger charge is 2.22. The minimum atomic E-state index is 0.331. The van der Waals surface area contributed by atoms with Crippen molar-refractivity contribution < 1.29 is 5.11 Å². The number of aliphatic hydroxyl groups excluding tert-OH is 1. The van der Waals surface area contributed by atoms with Crippen LogP contribution in [0.3, 0.4) is 0 Å². The van der Waals surface area contributed by atoms with E-state index < -0.39 is 0 Å². The van der Waals surface area contributed by atoms with E-state index in [-0.39, 0.29) is 0 Å². The van der Waals surface area contributed by atoms with Crippen LogP contribution in [0, 0.1) is 5.92 Å². The summed E-state index contributed by atoms with van der Waals surface area (Å²) >= 11 is 3.50. The number of rotatable bonds is 8. The third-order valence-corrected chi connectivity index (χ3v) is 4.89. The fourth-order valence-electron chi connectivity index (χ4n) is 3.17. The van der Waals surface area contributed by atoms with Gasteiger partial charge >= 0.3 is 0 Å². The summed E-state index contributed by atoms with van der Waals surface area (Å²) in [6, 6.07) is 9.07. The van der Waals surface area contributed by atoms with Crippen LogP contribution < -0.4 is 5.32 Å². The number of aliphatic hydroxyl groups is 1. The molecule has 1 aromatic carbocycles. The standard InChI is InChI=1S/C17H27BrN2O/c1-2-19-17(15-3-5-16(18)6-4-15)8-11-20-10-7-14(13-20)9-12-21/h3-6,14,17,19,21H,2,7-13H2,1H3. The van der Waals surface area contributed by atoms with Crippen LogP contribution in [0.5, 0.6) is 0 Å². The molecule has 0 amide bonds. The summed E-state index contributed by atoms with van der Waals surface area (Å²) < 4.78 is 1.13. The van der Waals surface area contributed by atoms with E-state index in [1.54, 1.807) is 0 Å². The summed E-state index contributed by atoms with van der Waals surface area (Å²) in [6.07, 6.45) is 3.34. The van der Waals surface area contributed by atoms with Crippen molar-refractivity contribution in [2.75, 3.05) is 32.8 Å². The molecule has 21 heavy (non-hydrogen) atoms. The molecule has 0 aliphatic carbocycles. The summed E-state index contributed by atoms with van der Waals surface area (Å²) in [4.78, 5) is 2.55. The largest absolute Gasteiger partial charge is 0.396 e. The quantitative estimate of drug-likeness (QED) is 0.752. The molecule has 2 N–H and O–H groups in total. The number of benzene rings is 1. The Labute approximate surface area is 136 Å². The molecule has 4 heteroatoms. The zero-order valence-corrected chi connectivity index (χ0v) is 14.5. The number of halogens is 1. The minimum Gasteiger partial charge on any atom is -0.396 e. The average Bonchev–Trinajstić information content (AvgIpc) is 2.93. The lowest BCUT2D eigenvalue weighted by molar-refractivity contribution is 0.248. The third kappa shape index (κ3) is 5.37. The van der Waals surface area contributed by atoms with Gasteiger partial charge in [-0.05, 0) is 62.5 Å². The number of nitrogens with zero attached hydrogens (tertiary/aromatic N) is 1. The Bertz CT molecular complexity index is 410. The van der Waals surface area contributed by atoms with Gasteiger partial charge in [-0.2, -0.15) is 0 Å². The highest BCUT2D eigenvalue weighted by atomic mass is 79.9. The Morgan fingerprint density at radius 1 is 1.38 bits per heavy atom. The van der Waals surface area contributed by atoms with Crippen LogP contribution in [-0.2, 0) is 0 Å². The lowest BCUT2D eigenvalue weighted by atomic mass is 10.0. The normalized spacial score (nSPS) is 20.8. The molecule has 2 rings (SSSR count). The Balaban J connectivity index is 1.84. The number of likely N-dealkylation sites (tertiary alicyclic amines) is 1. The van der Waals surface area contributed by atoms with Crippen LogP contribution in [0.15, 0.2) is 28.7 Å². The van der Waals surface area contributed by atoms with E-state index in [9.17, 15) is 0 Å². The van der Waals surface area contributed by atoms with Crippen molar-refractivity contribution >= 4 is 15.9 Å². The predicted octanol–water partition coefficient (Wildman–Crippen LogP) is 3.19. The second-order valence-electron chi connectivity index (χ2n) is 5.92. The molecule has 1 aliphatic heterocycles. The van der Waals surface area contributed by atoms with Crippen molar-refractivity contribution in [3.63, 3.8) is 0 Å². The fourth-order valence-corrected chi connectivity index (χ4v) is 3.44. The van der Waals surface area contributed by atoms with Gasteiger partial charge in [-0.1, -0.05) is 35.0 Å². The molecule has 0 saturated carbocycles. The van der Waals surface area contributed by atoms with Crippen LogP contribution in [-0.4, -0.2) is 42.8 Å². The van der Waals surface area contributed by atoms with E-state index in [0.717, 1.165) is 36.9 Å². The SMILES string of the molecule is CCNC(CCN1CCC(CCO)C1)c1ccc(Br)cc1. The number of hydrogen-bond acceptors (Lipinski definition) is 3. The number of hydrogen-bond donors (Lipinski definition) is 2. The summed E-state index contributed by atoms with van der Waals surface area (Å²) in [6.45, 7) is 6.96. The van der Waals surface area contributed by atoms with E-state index in [1.807, 2.05) is 0 Å². The summed E-state index contributed by atoms with van der Waals surface area (Å²) in [5.74, 6) is 0.695. The molecule has 0 aromatic heterocycles. The van der Waals surface area contributed by atoms with Gasteiger partial charge in [-0.15, -0.1) is 0 Å². The Morgan fingerprint density at radius 2 is 2.14 bits per heavy atom. The van der Waals surface area contributed by atoms with Gasteiger partial charge in [0, 0.05) is 23.7 Å². The molecule has 118 valence electrons. The molecule has 0 spiro atoms. The molecule has 1 fully saturated rings. The summed E-state index contributed by atoms with van der Waals surface area (Å²) in [5, 5.41) is 12.6. The first-order valence-electron chi connectivity index (χ1n) is 8.05. The van der Waals surface area contributed by atoms with Gasteiger partial charge in [0.05, 0.1) is 0 Å². The Morgan fingerprint density at radius 3 is 2.81 bits per heavy atom. The molecule has 1 heterocycles. The van der Waals surface area contributed by atoms with Gasteiger partial charge in [0.25, 0.3) is 0 Å². The Kier molecular flexibility index (Phi) is 7.17. The highest BCUT2D eigenvalue weighted by Crippen LogP contribution is 2.23. The maximum atomic E-state index is 9.04. The fraction of sp³-hybridized carbons (Fsp3) is 0.647. The van der Waals surface area contributed by atoms with Gasteiger partial charge in [0.2, 0.25) is 0 Å². The summed E-state index contributed by atoms with van der Waals surface area (Å²) in [7, 11) is 0. The van der Waals surface area contributed by atoms with E-state index in [2.05, 4.69) is 57.3 Å². The second kappa shape index (κ2) is 8.89. The maximum absolute atomic E-state index is 9.04. The van der Waals surface area contributed by atoms with Crippen molar-refractivity contribution in [1.82, 2.24) is 10.2 Å². The Hall–Kier alpha value is -0.420. The van der Waals surface area contributed by atoms with E-state index >= 15 is 0 Å². The maximum Gasteiger partial charge on any atom is 0.0434 e. The van der Waals surface area contributed by atoms with Crippen molar-refractivity contribution in [1.29, 1.82) is 0 Å². The molecule has 1 saturated heterocycles. The highest BCUT2D eigenvalue weighted by molar-refractivity contribution is 9.10. The van der Waals surface area contributed by atoms with Gasteiger partial charge in [-0.3, -0.25) is 0 Å². The molecular weight excluding hydrogens is 328 g/mol. The molecule has 0 bridgehead atoms. The van der Waals surface area contributed by atoms with Crippen LogP contribution in [0.4, 0.5) is 0 Å². The van der Waals surface area contributed by atoms with Gasteiger partial charge in [0.15, 0.2) is 0 Å². The first-order valence-corrected chi connectivity index (χ1v) is 8.84. The third-order valence-electron chi connectivity index (χ3n) is 4.36. The van der Waals surface area contributed by atoms with Crippen molar-refractivity contribution in [3.8, 4) is 0 Å². The van der Waals surface area contributed by atoms with Crippen LogP contribution in [0.2, 0.25) is 0 Å². The van der Waals surface area contributed by atoms with Gasteiger partial charge in [0.1, 0.15) is 0 Å². The molecular formula is C17H27BrN2O.